The second kappa shape index (κ2) is 8.04. The van der Waals surface area contributed by atoms with E-state index in [-0.39, 0.29) is 0 Å². The van der Waals surface area contributed by atoms with E-state index in [1.54, 1.807) is 0 Å². The minimum absolute atomic E-state index is 0.295. The van der Waals surface area contributed by atoms with Crippen LogP contribution < -0.4 is 5.32 Å². The third kappa shape index (κ3) is 3.88. The largest absolute Gasteiger partial charge is 0.381 e. The first-order valence-corrected chi connectivity index (χ1v) is 10.1. The third-order valence-corrected chi connectivity index (χ3v) is 5.53. The van der Waals surface area contributed by atoms with Crippen LogP contribution in [0.25, 0.3) is 22.2 Å². The van der Waals surface area contributed by atoms with Gasteiger partial charge in [-0.15, -0.1) is 0 Å². The molecule has 0 aliphatic carbocycles. The smallest absolute Gasteiger partial charge is 0.222 e. The molecule has 1 aliphatic rings. The van der Waals surface area contributed by atoms with Crippen molar-refractivity contribution in [2.75, 3.05) is 18.4 Å². The van der Waals surface area contributed by atoms with Crippen LogP contribution >= 0.6 is 0 Å². The van der Waals surface area contributed by atoms with Crippen molar-refractivity contribution in [2.45, 2.75) is 45.6 Å². The zero-order valence-electron chi connectivity index (χ0n) is 16.5. The summed E-state index contributed by atoms with van der Waals surface area (Å²) in [6.45, 7) is 5.96. The summed E-state index contributed by atoms with van der Waals surface area (Å²) in [5, 5.41) is 11.8. The van der Waals surface area contributed by atoms with Gasteiger partial charge >= 0.3 is 0 Å². The van der Waals surface area contributed by atoms with Gasteiger partial charge in [0.1, 0.15) is 5.65 Å². The molecule has 7 heteroatoms. The normalized spacial score (nSPS) is 15.5. The molecule has 3 N–H and O–H groups in total. The minimum Gasteiger partial charge on any atom is -0.381 e. The summed E-state index contributed by atoms with van der Waals surface area (Å²) >= 11 is 0. The molecule has 0 spiro atoms. The first-order chi connectivity index (χ1) is 13.6. The molecule has 0 radical (unpaired) electrons. The van der Waals surface area contributed by atoms with E-state index >= 15 is 0 Å². The van der Waals surface area contributed by atoms with Gasteiger partial charge in [-0.05, 0) is 31.2 Å². The van der Waals surface area contributed by atoms with Gasteiger partial charge in [-0.25, -0.2) is 4.98 Å². The summed E-state index contributed by atoms with van der Waals surface area (Å²) < 4.78 is 0. The molecule has 1 amide bonds. The zero-order valence-corrected chi connectivity index (χ0v) is 16.5. The van der Waals surface area contributed by atoms with Gasteiger partial charge in [-0.1, -0.05) is 13.8 Å². The molecule has 4 rings (SSSR count). The molecule has 1 fully saturated rings. The van der Waals surface area contributed by atoms with Crippen LogP contribution in [0.1, 0.15) is 39.5 Å². The molecule has 0 atom stereocenters. The zero-order chi connectivity index (χ0) is 19.5. The Morgan fingerprint density at radius 1 is 1.32 bits per heavy atom. The van der Waals surface area contributed by atoms with Gasteiger partial charge in [0, 0.05) is 60.7 Å². The Labute approximate surface area is 164 Å². The van der Waals surface area contributed by atoms with E-state index in [1.807, 2.05) is 29.7 Å². The fraction of sp³-hybridized carbons (Fsp3) is 0.476. The molecule has 3 aromatic heterocycles. The second-order valence-electron chi connectivity index (χ2n) is 8.01. The number of hydrogen-bond donors (Lipinski definition) is 3. The fourth-order valence-electron chi connectivity index (χ4n) is 3.83. The average Bonchev–Trinajstić information content (AvgIpc) is 3.38. The van der Waals surface area contributed by atoms with Crippen LogP contribution in [0, 0.1) is 5.92 Å². The van der Waals surface area contributed by atoms with Crippen molar-refractivity contribution in [3.05, 3.63) is 30.9 Å². The van der Waals surface area contributed by atoms with Crippen molar-refractivity contribution in [1.82, 2.24) is 25.1 Å². The summed E-state index contributed by atoms with van der Waals surface area (Å²) in [5.74, 6) is 0.864. The van der Waals surface area contributed by atoms with Crippen molar-refractivity contribution in [1.29, 1.82) is 0 Å². The molecule has 1 aliphatic heterocycles. The lowest BCUT2D eigenvalue weighted by Gasteiger charge is -2.33. The summed E-state index contributed by atoms with van der Waals surface area (Å²) in [6, 6.07) is 2.39. The van der Waals surface area contributed by atoms with Crippen LogP contribution in [0.5, 0.6) is 0 Å². The number of anilines is 1. The van der Waals surface area contributed by atoms with Crippen molar-refractivity contribution in [3.63, 3.8) is 0 Å². The highest BCUT2D eigenvalue weighted by molar-refractivity contribution is 5.98. The summed E-state index contributed by atoms with van der Waals surface area (Å²) in [6.07, 6.45) is 11.0. The molecule has 28 heavy (non-hydrogen) atoms. The van der Waals surface area contributed by atoms with Gasteiger partial charge in [0.15, 0.2) is 0 Å². The Kier molecular flexibility index (Phi) is 5.32. The van der Waals surface area contributed by atoms with Crippen LogP contribution in [0.2, 0.25) is 0 Å². The number of aromatic nitrogens is 4. The van der Waals surface area contributed by atoms with E-state index in [0.29, 0.717) is 24.3 Å². The van der Waals surface area contributed by atoms with E-state index in [2.05, 4.69) is 45.4 Å². The Balaban J connectivity index is 1.47. The lowest BCUT2D eigenvalue weighted by atomic mass is 10.0. The number of nitrogens with zero attached hydrogens (tertiary/aromatic N) is 3. The number of likely N-dealkylation sites (tertiary alicyclic amines) is 1. The van der Waals surface area contributed by atoms with Crippen molar-refractivity contribution < 1.29 is 4.79 Å². The van der Waals surface area contributed by atoms with Crippen molar-refractivity contribution >= 4 is 22.6 Å². The lowest BCUT2D eigenvalue weighted by molar-refractivity contribution is -0.132. The number of carbonyl (C=O) groups is 1. The van der Waals surface area contributed by atoms with Gasteiger partial charge in [0.2, 0.25) is 5.91 Å². The number of rotatable bonds is 6. The fourth-order valence-corrected chi connectivity index (χ4v) is 3.83. The number of aromatic amines is 2. The maximum absolute atomic E-state index is 12.4. The average molecular weight is 380 g/mol. The standard InChI is InChI=1S/C21H28N6O/c1-14(2)3-4-19(28)27-9-6-16(7-10-27)26-20-17-5-8-22-21(17)23-13-18(20)15-11-24-25-12-15/h5,8,11-14,16H,3-4,6-7,9-10H2,1-2H3,(H,24,25)(H2,22,23,26). The Bertz CT molecular complexity index is 922. The number of nitrogens with one attached hydrogen (secondary N) is 3. The Morgan fingerprint density at radius 2 is 2.14 bits per heavy atom. The molecule has 4 heterocycles. The van der Waals surface area contributed by atoms with E-state index in [0.717, 1.165) is 60.2 Å². The van der Waals surface area contributed by atoms with E-state index in [9.17, 15) is 4.79 Å². The molecular formula is C21H28N6O. The highest BCUT2D eigenvalue weighted by Crippen LogP contribution is 2.34. The van der Waals surface area contributed by atoms with E-state index in [1.165, 1.54) is 0 Å². The minimum atomic E-state index is 0.295. The van der Waals surface area contributed by atoms with Crippen LogP contribution in [0.4, 0.5) is 5.69 Å². The number of piperidine rings is 1. The molecule has 0 bridgehead atoms. The molecular weight excluding hydrogens is 352 g/mol. The topological polar surface area (TPSA) is 89.7 Å². The molecule has 0 unspecified atom stereocenters. The first kappa shape index (κ1) is 18.5. The number of carbonyl (C=O) groups excluding carboxylic acids is 1. The molecule has 0 aromatic carbocycles. The van der Waals surface area contributed by atoms with E-state index in [4.69, 9.17) is 0 Å². The number of amides is 1. The van der Waals surface area contributed by atoms with Crippen LogP contribution in [0.15, 0.2) is 30.9 Å². The summed E-state index contributed by atoms with van der Waals surface area (Å²) in [7, 11) is 0. The molecule has 3 aromatic rings. The number of H-pyrrole nitrogens is 2. The number of hydrogen-bond acceptors (Lipinski definition) is 4. The first-order valence-electron chi connectivity index (χ1n) is 10.1. The molecule has 0 saturated carbocycles. The van der Waals surface area contributed by atoms with Crippen LogP contribution in [0.3, 0.4) is 0 Å². The predicted octanol–water partition coefficient (Wildman–Crippen LogP) is 3.79. The SMILES string of the molecule is CC(C)CCC(=O)N1CCC(Nc2c(-c3cn[nH]c3)cnc3[nH]ccc23)CC1. The summed E-state index contributed by atoms with van der Waals surface area (Å²) in [5.41, 5.74) is 4.00. The Hall–Kier alpha value is -2.83. The highest BCUT2D eigenvalue weighted by Gasteiger charge is 2.24. The maximum atomic E-state index is 12.4. The number of pyridine rings is 1. The van der Waals surface area contributed by atoms with Gasteiger partial charge in [-0.2, -0.15) is 5.10 Å². The highest BCUT2D eigenvalue weighted by atomic mass is 16.2. The monoisotopic (exact) mass is 380 g/mol. The van der Waals surface area contributed by atoms with Crippen LogP contribution in [-0.2, 0) is 4.79 Å². The second-order valence-corrected chi connectivity index (χ2v) is 8.01. The Morgan fingerprint density at radius 3 is 2.86 bits per heavy atom. The molecule has 7 nitrogen and oxygen atoms in total. The van der Waals surface area contributed by atoms with E-state index < -0.39 is 0 Å². The molecule has 148 valence electrons. The predicted molar refractivity (Wildman–Crippen MR) is 111 cm³/mol. The van der Waals surface area contributed by atoms with Crippen molar-refractivity contribution in [3.8, 4) is 11.1 Å². The third-order valence-electron chi connectivity index (χ3n) is 5.53. The van der Waals surface area contributed by atoms with Gasteiger partial charge < -0.3 is 15.2 Å². The van der Waals surface area contributed by atoms with Crippen LogP contribution in [-0.4, -0.2) is 50.1 Å². The lowest BCUT2D eigenvalue weighted by Crippen LogP contribution is -2.42. The number of fused-ring (bicyclic) bond motifs is 1. The van der Waals surface area contributed by atoms with Gasteiger partial charge in [-0.3, -0.25) is 9.89 Å². The van der Waals surface area contributed by atoms with Gasteiger partial charge in [0.25, 0.3) is 0 Å². The maximum Gasteiger partial charge on any atom is 0.222 e. The quantitative estimate of drug-likeness (QED) is 0.607. The van der Waals surface area contributed by atoms with Gasteiger partial charge in [0.05, 0.1) is 11.9 Å². The van der Waals surface area contributed by atoms with Crippen molar-refractivity contribution in [2.24, 2.45) is 5.92 Å². The summed E-state index contributed by atoms with van der Waals surface area (Å²) in [4.78, 5) is 22.1. The molecule has 1 saturated heterocycles.